The molecule has 2 fully saturated rings. The van der Waals surface area contributed by atoms with Crippen LogP contribution in [-0.4, -0.2) is 115 Å². The summed E-state index contributed by atoms with van der Waals surface area (Å²) in [6.45, 7) is 3.09. The quantitative estimate of drug-likeness (QED) is 0.418. The summed E-state index contributed by atoms with van der Waals surface area (Å²) in [5.41, 5.74) is 0.634. The molecule has 0 saturated carbocycles. The number of methoxy groups -OCH3 is 1. The Morgan fingerprint density at radius 3 is 2.11 bits per heavy atom. The molecule has 0 radical (unpaired) electrons. The van der Waals surface area contributed by atoms with Gasteiger partial charge in [0.25, 0.3) is 16.6 Å². The third kappa shape index (κ3) is 4.83. The second kappa shape index (κ2) is 10.5. The number of para-hydroxylation sites is 1. The van der Waals surface area contributed by atoms with Gasteiger partial charge in [0.1, 0.15) is 11.3 Å². The molecule has 5 rings (SSSR count). The summed E-state index contributed by atoms with van der Waals surface area (Å²) in [5, 5.41) is 0. The van der Waals surface area contributed by atoms with E-state index in [1.165, 1.54) is 34.4 Å². The molecule has 0 aliphatic carbocycles. The molecule has 3 aromatic rings. The largest absolute Gasteiger partial charge is 0.494 e. The van der Waals surface area contributed by atoms with Crippen LogP contribution >= 0.6 is 0 Å². The fourth-order valence-electron chi connectivity index (χ4n) is 4.45. The lowest BCUT2D eigenvalue weighted by Crippen LogP contribution is -2.52. The molecule has 0 bridgehead atoms. The van der Waals surface area contributed by atoms with Crippen LogP contribution in [0.5, 0.6) is 5.75 Å². The summed E-state index contributed by atoms with van der Waals surface area (Å²) >= 11 is 0. The number of benzene rings is 1. The Hall–Kier alpha value is -3.21. The van der Waals surface area contributed by atoms with E-state index in [2.05, 4.69) is 19.9 Å². The molecule has 4 heterocycles. The Kier molecular flexibility index (Phi) is 7.30. The van der Waals surface area contributed by atoms with Crippen molar-refractivity contribution >= 4 is 33.1 Å². The van der Waals surface area contributed by atoms with Gasteiger partial charge in [0.05, 0.1) is 25.8 Å². The van der Waals surface area contributed by atoms with Crippen molar-refractivity contribution in [1.29, 1.82) is 0 Å². The highest BCUT2D eigenvalue weighted by atomic mass is 32.2. The van der Waals surface area contributed by atoms with Gasteiger partial charge in [0.15, 0.2) is 5.82 Å². The normalized spacial score (nSPS) is 17.7. The summed E-state index contributed by atoms with van der Waals surface area (Å²) in [7, 11) is 0.856. The van der Waals surface area contributed by atoms with Crippen molar-refractivity contribution in [2.24, 2.45) is 0 Å². The standard InChI is InChI=1S/C22H29F2N9O4S/c1-29(2)38(34,35)32-9-7-30(8-10-32)20-26-21(31-11-13-37-14-12-31)28-22(27-20)33-15-5-4-6-16(36-3)17(15)25-19(33)18(23)24/h4-6,18H,7-14H2,1-3H3. The van der Waals surface area contributed by atoms with E-state index < -0.39 is 22.5 Å². The van der Waals surface area contributed by atoms with E-state index in [9.17, 15) is 17.2 Å². The third-order valence-electron chi connectivity index (χ3n) is 6.49. The maximum Gasteiger partial charge on any atom is 0.296 e. The summed E-state index contributed by atoms with van der Waals surface area (Å²) in [5.74, 6) is 0.413. The van der Waals surface area contributed by atoms with Crippen LogP contribution in [0.15, 0.2) is 18.2 Å². The lowest BCUT2D eigenvalue weighted by molar-refractivity contribution is 0.122. The van der Waals surface area contributed by atoms with Gasteiger partial charge in [0.2, 0.25) is 17.8 Å². The number of alkyl halides is 2. The number of morpholine rings is 1. The van der Waals surface area contributed by atoms with E-state index in [1.54, 1.807) is 18.2 Å². The Labute approximate surface area is 218 Å². The molecular weight excluding hydrogens is 524 g/mol. The summed E-state index contributed by atoms with van der Waals surface area (Å²) in [6.07, 6.45) is -2.90. The highest BCUT2D eigenvalue weighted by molar-refractivity contribution is 7.86. The van der Waals surface area contributed by atoms with Crippen molar-refractivity contribution in [2.75, 3.05) is 83.5 Å². The Balaban J connectivity index is 1.59. The number of ether oxygens (including phenoxy) is 2. The minimum absolute atomic E-state index is 0.00844. The molecule has 2 aliphatic rings. The van der Waals surface area contributed by atoms with Gasteiger partial charge in [-0.25, -0.2) is 13.8 Å². The van der Waals surface area contributed by atoms with E-state index in [1.807, 2.05) is 9.80 Å². The molecule has 0 spiro atoms. The number of nitrogens with zero attached hydrogens (tertiary/aromatic N) is 9. The molecule has 13 nitrogen and oxygen atoms in total. The summed E-state index contributed by atoms with van der Waals surface area (Å²) in [6, 6.07) is 4.98. The number of piperazine rings is 1. The Morgan fingerprint density at radius 2 is 1.53 bits per heavy atom. The minimum Gasteiger partial charge on any atom is -0.494 e. The predicted molar refractivity (Wildman–Crippen MR) is 135 cm³/mol. The van der Waals surface area contributed by atoms with Crippen molar-refractivity contribution in [2.45, 2.75) is 6.43 Å². The van der Waals surface area contributed by atoms with Crippen molar-refractivity contribution in [1.82, 2.24) is 33.1 Å². The van der Waals surface area contributed by atoms with Crippen LogP contribution in [0.2, 0.25) is 0 Å². The molecule has 0 unspecified atom stereocenters. The fourth-order valence-corrected chi connectivity index (χ4v) is 5.54. The minimum atomic E-state index is -3.56. The van der Waals surface area contributed by atoms with E-state index >= 15 is 0 Å². The molecule has 2 aromatic heterocycles. The first-order valence-electron chi connectivity index (χ1n) is 12.1. The lowest BCUT2D eigenvalue weighted by Gasteiger charge is -2.35. The fraction of sp³-hybridized carbons (Fsp3) is 0.545. The van der Waals surface area contributed by atoms with Gasteiger partial charge in [-0.2, -0.15) is 32.0 Å². The zero-order valence-corrected chi connectivity index (χ0v) is 22.1. The number of imidazole rings is 1. The Morgan fingerprint density at radius 1 is 0.921 bits per heavy atom. The van der Waals surface area contributed by atoms with Crippen molar-refractivity contribution in [3.05, 3.63) is 24.0 Å². The monoisotopic (exact) mass is 553 g/mol. The molecule has 1 aromatic carbocycles. The highest BCUT2D eigenvalue weighted by Crippen LogP contribution is 2.32. The average molecular weight is 554 g/mol. The maximum atomic E-state index is 14.2. The molecule has 16 heteroatoms. The predicted octanol–water partition coefficient (Wildman–Crippen LogP) is 0.922. The second-order valence-corrected chi connectivity index (χ2v) is 11.1. The van der Waals surface area contributed by atoms with Gasteiger partial charge in [0, 0.05) is 53.4 Å². The molecule has 2 aliphatic heterocycles. The van der Waals surface area contributed by atoms with E-state index in [0.29, 0.717) is 56.6 Å². The van der Waals surface area contributed by atoms with Gasteiger partial charge < -0.3 is 19.3 Å². The van der Waals surface area contributed by atoms with Gasteiger partial charge in [-0.3, -0.25) is 4.57 Å². The van der Waals surface area contributed by atoms with Gasteiger partial charge in [-0.1, -0.05) is 6.07 Å². The maximum absolute atomic E-state index is 14.2. The number of rotatable bonds is 7. The molecular formula is C22H29F2N9O4S. The van der Waals surface area contributed by atoms with E-state index in [4.69, 9.17) is 9.47 Å². The Bertz CT molecular complexity index is 1410. The second-order valence-electron chi connectivity index (χ2n) is 8.95. The number of halogens is 2. The van der Waals surface area contributed by atoms with Crippen LogP contribution in [-0.2, 0) is 14.9 Å². The number of aromatic nitrogens is 5. The summed E-state index contributed by atoms with van der Waals surface area (Å²) < 4.78 is 68.1. The zero-order valence-electron chi connectivity index (χ0n) is 21.3. The van der Waals surface area contributed by atoms with Crippen LogP contribution in [0.4, 0.5) is 20.7 Å². The van der Waals surface area contributed by atoms with E-state index in [-0.39, 0.29) is 30.5 Å². The van der Waals surface area contributed by atoms with Gasteiger partial charge in [-0.15, -0.1) is 0 Å². The van der Waals surface area contributed by atoms with Crippen LogP contribution < -0.4 is 14.5 Å². The molecule has 0 amide bonds. The first-order valence-corrected chi connectivity index (χ1v) is 13.5. The number of hydrogen-bond donors (Lipinski definition) is 0. The van der Waals surface area contributed by atoms with E-state index in [0.717, 1.165) is 0 Å². The highest BCUT2D eigenvalue weighted by Gasteiger charge is 2.31. The van der Waals surface area contributed by atoms with Crippen LogP contribution in [0.3, 0.4) is 0 Å². The first-order chi connectivity index (χ1) is 18.2. The number of hydrogen-bond acceptors (Lipinski definition) is 10. The first kappa shape index (κ1) is 26.4. The topological polar surface area (TPSA) is 122 Å². The van der Waals surface area contributed by atoms with Crippen LogP contribution in [0.1, 0.15) is 12.2 Å². The molecule has 0 N–H and O–H groups in total. The molecule has 206 valence electrons. The van der Waals surface area contributed by atoms with Crippen molar-refractivity contribution in [3.63, 3.8) is 0 Å². The van der Waals surface area contributed by atoms with Gasteiger partial charge in [-0.05, 0) is 12.1 Å². The zero-order chi connectivity index (χ0) is 27.0. The number of fused-ring (bicyclic) bond motifs is 1. The summed E-state index contributed by atoms with van der Waals surface area (Å²) in [4.78, 5) is 21.7. The lowest BCUT2D eigenvalue weighted by atomic mass is 10.3. The molecule has 0 atom stereocenters. The van der Waals surface area contributed by atoms with Gasteiger partial charge >= 0.3 is 0 Å². The number of anilines is 2. The van der Waals surface area contributed by atoms with Crippen molar-refractivity contribution in [3.8, 4) is 11.7 Å². The van der Waals surface area contributed by atoms with Crippen LogP contribution in [0, 0.1) is 0 Å². The van der Waals surface area contributed by atoms with Crippen LogP contribution in [0.25, 0.3) is 17.0 Å². The average Bonchev–Trinajstić information content (AvgIpc) is 3.34. The SMILES string of the molecule is COc1cccc2c1nc(C(F)F)n2-c1nc(N2CCOCC2)nc(N2CCN(S(=O)(=O)N(C)C)CC2)n1. The third-order valence-corrected chi connectivity index (χ3v) is 8.43. The molecule has 2 saturated heterocycles. The smallest absolute Gasteiger partial charge is 0.296 e. The van der Waals surface area contributed by atoms with Crippen molar-refractivity contribution < 1.29 is 26.7 Å². The molecule has 38 heavy (non-hydrogen) atoms.